The molecule has 0 unspecified atom stereocenters. The average molecular weight is 420 g/mol. The van der Waals surface area contributed by atoms with E-state index in [1.54, 1.807) is 6.07 Å². The van der Waals surface area contributed by atoms with E-state index in [-0.39, 0.29) is 22.0 Å². The number of non-ortho nitro benzene ring substituents is 1. The summed E-state index contributed by atoms with van der Waals surface area (Å²) in [5.41, 5.74) is -0.0789. The number of hydrogen-bond donors (Lipinski definition) is 1. The number of carboxylic acid groups (broad SMARTS) is 1. The predicted octanol–water partition coefficient (Wildman–Crippen LogP) is 4.34. The predicted molar refractivity (Wildman–Crippen MR) is 84.3 cm³/mol. The van der Waals surface area contributed by atoms with Gasteiger partial charge in [0.05, 0.1) is 19.1 Å². The molecule has 21 heavy (non-hydrogen) atoms. The maximum Gasteiger partial charge on any atom is 0.335 e. The molecule has 0 amide bonds. The molecule has 0 radical (unpaired) electrons. The van der Waals surface area contributed by atoms with Crippen molar-refractivity contribution in [3.8, 4) is 11.5 Å². The maximum absolute atomic E-state index is 10.9. The van der Waals surface area contributed by atoms with Gasteiger partial charge >= 0.3 is 5.97 Å². The second-order valence-electron chi connectivity index (χ2n) is 3.92. The van der Waals surface area contributed by atoms with E-state index < -0.39 is 10.9 Å². The molecular formula is C13H7ClINO5. The van der Waals surface area contributed by atoms with Crippen LogP contribution in [0.1, 0.15) is 10.4 Å². The number of carbonyl (C=O) groups is 1. The van der Waals surface area contributed by atoms with E-state index in [9.17, 15) is 14.9 Å². The van der Waals surface area contributed by atoms with E-state index in [0.29, 0.717) is 9.32 Å². The van der Waals surface area contributed by atoms with E-state index in [2.05, 4.69) is 0 Å². The van der Waals surface area contributed by atoms with Crippen LogP contribution in [0.2, 0.25) is 5.02 Å². The van der Waals surface area contributed by atoms with Crippen molar-refractivity contribution >= 4 is 45.8 Å². The third kappa shape index (κ3) is 3.61. The van der Waals surface area contributed by atoms with Gasteiger partial charge in [0.1, 0.15) is 11.5 Å². The quantitative estimate of drug-likeness (QED) is 0.452. The summed E-state index contributed by atoms with van der Waals surface area (Å²) in [6, 6.07) is 8.21. The SMILES string of the molecule is O=C(O)c1ccc(I)c(Oc2ccc([N+](=O)[O-])cc2Cl)c1. The molecule has 0 bridgehead atoms. The highest BCUT2D eigenvalue weighted by Crippen LogP contribution is 2.34. The maximum atomic E-state index is 10.9. The molecular weight excluding hydrogens is 413 g/mol. The molecule has 0 aliphatic heterocycles. The molecule has 2 aromatic rings. The summed E-state index contributed by atoms with van der Waals surface area (Å²) < 4.78 is 6.23. The normalized spacial score (nSPS) is 10.2. The van der Waals surface area contributed by atoms with Gasteiger partial charge in [0, 0.05) is 12.1 Å². The Bertz CT molecular complexity index is 734. The number of benzene rings is 2. The minimum absolute atomic E-state index is 0.0701. The summed E-state index contributed by atoms with van der Waals surface area (Å²) in [4.78, 5) is 21.0. The summed E-state index contributed by atoms with van der Waals surface area (Å²) in [7, 11) is 0. The Morgan fingerprint density at radius 2 is 1.95 bits per heavy atom. The molecule has 0 aliphatic rings. The first-order chi connectivity index (χ1) is 9.88. The van der Waals surface area contributed by atoms with Gasteiger partial charge in [-0.1, -0.05) is 11.6 Å². The first-order valence-electron chi connectivity index (χ1n) is 5.53. The molecule has 0 aliphatic carbocycles. The molecule has 6 nitrogen and oxygen atoms in total. The third-order valence-corrected chi connectivity index (χ3v) is 3.71. The highest BCUT2D eigenvalue weighted by Gasteiger charge is 2.13. The zero-order valence-electron chi connectivity index (χ0n) is 10.2. The molecule has 0 spiro atoms. The molecule has 2 rings (SSSR count). The minimum Gasteiger partial charge on any atom is -0.478 e. The van der Waals surface area contributed by atoms with Gasteiger partial charge in [0.25, 0.3) is 5.69 Å². The molecule has 0 aromatic heterocycles. The number of rotatable bonds is 4. The molecule has 2 aromatic carbocycles. The van der Waals surface area contributed by atoms with E-state index in [0.717, 1.165) is 0 Å². The molecule has 108 valence electrons. The van der Waals surface area contributed by atoms with Gasteiger partial charge in [0.2, 0.25) is 0 Å². The lowest BCUT2D eigenvalue weighted by molar-refractivity contribution is -0.384. The van der Waals surface area contributed by atoms with E-state index in [4.69, 9.17) is 21.4 Å². The molecule has 8 heteroatoms. The van der Waals surface area contributed by atoms with E-state index >= 15 is 0 Å². The van der Waals surface area contributed by atoms with Gasteiger partial charge in [-0.3, -0.25) is 10.1 Å². The van der Waals surface area contributed by atoms with Crippen molar-refractivity contribution < 1.29 is 19.6 Å². The van der Waals surface area contributed by atoms with Crippen molar-refractivity contribution in [3.63, 3.8) is 0 Å². The Labute approximate surface area is 137 Å². The number of ether oxygens (including phenoxy) is 1. The van der Waals surface area contributed by atoms with Crippen LogP contribution in [0.5, 0.6) is 11.5 Å². The van der Waals surface area contributed by atoms with Crippen LogP contribution in [-0.2, 0) is 0 Å². The fourth-order valence-electron chi connectivity index (χ4n) is 1.52. The van der Waals surface area contributed by atoms with Crippen LogP contribution < -0.4 is 4.74 Å². The molecule has 0 fully saturated rings. The summed E-state index contributed by atoms with van der Waals surface area (Å²) in [5.74, 6) is -0.556. The van der Waals surface area contributed by atoms with Gasteiger partial charge in [-0.15, -0.1) is 0 Å². The van der Waals surface area contributed by atoms with Crippen LogP contribution in [0.25, 0.3) is 0 Å². The zero-order chi connectivity index (χ0) is 15.6. The fraction of sp³-hybridized carbons (Fsp3) is 0. The summed E-state index contributed by atoms with van der Waals surface area (Å²) >= 11 is 7.92. The number of nitro benzene ring substituents is 1. The Hall–Kier alpha value is -1.87. The Morgan fingerprint density at radius 1 is 1.24 bits per heavy atom. The third-order valence-electron chi connectivity index (χ3n) is 2.52. The minimum atomic E-state index is -1.08. The topological polar surface area (TPSA) is 89.7 Å². The van der Waals surface area contributed by atoms with Crippen molar-refractivity contribution in [1.82, 2.24) is 0 Å². The molecule has 0 saturated heterocycles. The average Bonchev–Trinajstić information content (AvgIpc) is 2.42. The van der Waals surface area contributed by atoms with Gasteiger partial charge < -0.3 is 9.84 Å². The van der Waals surface area contributed by atoms with Gasteiger partial charge in [-0.05, 0) is 46.9 Å². The van der Waals surface area contributed by atoms with Crippen LogP contribution in [0.4, 0.5) is 5.69 Å². The highest BCUT2D eigenvalue weighted by atomic mass is 127. The summed E-state index contributed by atoms with van der Waals surface area (Å²) in [5, 5.41) is 19.7. The first kappa shape index (κ1) is 15.5. The number of hydrogen-bond acceptors (Lipinski definition) is 4. The number of carboxylic acids is 1. The highest BCUT2D eigenvalue weighted by molar-refractivity contribution is 14.1. The number of nitro groups is 1. The first-order valence-corrected chi connectivity index (χ1v) is 6.99. The van der Waals surface area contributed by atoms with Crippen molar-refractivity contribution in [2.75, 3.05) is 0 Å². The van der Waals surface area contributed by atoms with E-state index in [1.165, 1.54) is 30.3 Å². The molecule has 1 N–H and O–H groups in total. The monoisotopic (exact) mass is 419 g/mol. The number of aromatic carboxylic acids is 1. The largest absolute Gasteiger partial charge is 0.478 e. The van der Waals surface area contributed by atoms with Gasteiger partial charge in [-0.2, -0.15) is 0 Å². The Kier molecular flexibility index (Phi) is 4.63. The van der Waals surface area contributed by atoms with Gasteiger partial charge in [0.15, 0.2) is 0 Å². The Balaban J connectivity index is 2.36. The van der Waals surface area contributed by atoms with Crippen LogP contribution in [0.15, 0.2) is 36.4 Å². The van der Waals surface area contributed by atoms with Gasteiger partial charge in [-0.25, -0.2) is 4.79 Å². The number of nitrogens with zero attached hydrogens (tertiary/aromatic N) is 1. The van der Waals surface area contributed by atoms with Crippen molar-refractivity contribution in [2.45, 2.75) is 0 Å². The summed E-state index contributed by atoms with van der Waals surface area (Å²) in [6.45, 7) is 0. The number of halogens is 2. The van der Waals surface area contributed by atoms with Crippen LogP contribution in [0, 0.1) is 13.7 Å². The van der Waals surface area contributed by atoms with Crippen LogP contribution >= 0.6 is 34.2 Å². The van der Waals surface area contributed by atoms with Crippen molar-refractivity contribution in [2.24, 2.45) is 0 Å². The smallest absolute Gasteiger partial charge is 0.335 e. The lowest BCUT2D eigenvalue weighted by atomic mass is 10.2. The Morgan fingerprint density at radius 3 is 2.52 bits per heavy atom. The van der Waals surface area contributed by atoms with Crippen molar-refractivity contribution in [3.05, 3.63) is 60.7 Å². The standard InChI is InChI=1S/C13H7ClINO5/c14-9-6-8(16(19)20)2-4-11(9)21-12-5-7(13(17)18)1-3-10(12)15/h1-6H,(H,17,18). The summed E-state index contributed by atoms with van der Waals surface area (Å²) in [6.07, 6.45) is 0. The second-order valence-corrected chi connectivity index (χ2v) is 5.49. The molecule has 0 heterocycles. The lowest BCUT2D eigenvalue weighted by Crippen LogP contribution is -1.98. The van der Waals surface area contributed by atoms with Crippen molar-refractivity contribution in [1.29, 1.82) is 0 Å². The molecule has 0 atom stereocenters. The van der Waals surface area contributed by atoms with Crippen LogP contribution in [-0.4, -0.2) is 16.0 Å². The second kappa shape index (κ2) is 6.27. The van der Waals surface area contributed by atoms with E-state index in [1.807, 2.05) is 22.6 Å². The zero-order valence-corrected chi connectivity index (χ0v) is 13.2. The lowest BCUT2D eigenvalue weighted by Gasteiger charge is -2.10. The molecule has 0 saturated carbocycles. The van der Waals surface area contributed by atoms with Crippen LogP contribution in [0.3, 0.4) is 0 Å². The fourth-order valence-corrected chi connectivity index (χ4v) is 2.18.